The van der Waals surface area contributed by atoms with E-state index in [0.29, 0.717) is 4.47 Å². The molecule has 0 aliphatic heterocycles. The summed E-state index contributed by atoms with van der Waals surface area (Å²) in [6, 6.07) is 3.45. The molecule has 0 heterocycles. The maximum absolute atomic E-state index is 11.9. The summed E-state index contributed by atoms with van der Waals surface area (Å²) in [6.45, 7) is 1.79. The minimum atomic E-state index is -1.45. The first-order valence-corrected chi connectivity index (χ1v) is 6.11. The molecule has 0 unspecified atom stereocenters. The van der Waals surface area contributed by atoms with E-state index in [1.807, 2.05) is 0 Å². The van der Waals surface area contributed by atoms with E-state index in [1.54, 1.807) is 19.1 Å². The largest absolute Gasteiger partial charge is 0.481 e. The third kappa shape index (κ3) is 4.70. The van der Waals surface area contributed by atoms with Crippen molar-refractivity contribution in [1.82, 2.24) is 5.32 Å². The Morgan fingerprint density at radius 1 is 1.26 bits per heavy atom. The molecule has 0 spiro atoms. The van der Waals surface area contributed by atoms with E-state index >= 15 is 0 Å². The Morgan fingerprint density at radius 2 is 1.89 bits per heavy atom. The number of carboxylic acid groups (broad SMARTS) is 2. The number of amides is 1. The van der Waals surface area contributed by atoms with Crippen LogP contribution in [0.5, 0.6) is 0 Å². The lowest BCUT2D eigenvalue weighted by Crippen LogP contribution is -2.42. The second-order valence-corrected chi connectivity index (χ2v) is 4.90. The molecule has 0 saturated heterocycles. The Balaban J connectivity index is 2.87. The van der Waals surface area contributed by atoms with Crippen molar-refractivity contribution in [2.75, 3.05) is 0 Å². The number of halogens is 1. The van der Waals surface area contributed by atoms with Crippen LogP contribution in [0.4, 0.5) is 0 Å². The van der Waals surface area contributed by atoms with Gasteiger partial charge in [0, 0.05) is 10.0 Å². The molecule has 0 aliphatic rings. The van der Waals surface area contributed by atoms with Crippen molar-refractivity contribution < 1.29 is 24.6 Å². The van der Waals surface area contributed by atoms with E-state index in [2.05, 4.69) is 21.2 Å². The average Bonchev–Trinajstić information content (AvgIpc) is 2.25. The van der Waals surface area contributed by atoms with E-state index < -0.39 is 30.3 Å². The van der Waals surface area contributed by atoms with Gasteiger partial charge in [-0.25, -0.2) is 4.79 Å². The number of rotatable bonds is 5. The molecule has 0 aromatic heterocycles. The number of carboxylic acids is 2. The van der Waals surface area contributed by atoms with Crippen LogP contribution in [0.15, 0.2) is 22.7 Å². The fourth-order valence-electron chi connectivity index (χ4n) is 1.48. The van der Waals surface area contributed by atoms with Crippen LogP contribution in [0.25, 0.3) is 0 Å². The smallest absolute Gasteiger partial charge is 0.326 e. The van der Waals surface area contributed by atoms with Crippen molar-refractivity contribution in [3.05, 3.63) is 33.8 Å². The number of aliphatic carboxylic acids is 2. The number of carbonyl (C=O) groups excluding carboxylic acids is 1. The van der Waals surface area contributed by atoms with Gasteiger partial charge in [-0.1, -0.05) is 15.9 Å². The van der Waals surface area contributed by atoms with Crippen LogP contribution < -0.4 is 5.32 Å². The molecule has 0 radical (unpaired) electrons. The zero-order valence-corrected chi connectivity index (χ0v) is 11.6. The summed E-state index contributed by atoms with van der Waals surface area (Å²) in [5, 5.41) is 19.6. The van der Waals surface area contributed by atoms with E-state index in [4.69, 9.17) is 10.2 Å². The number of carbonyl (C=O) groups is 3. The van der Waals surface area contributed by atoms with Gasteiger partial charge < -0.3 is 15.5 Å². The molecule has 0 fully saturated rings. The lowest BCUT2D eigenvalue weighted by atomic mass is 10.1. The van der Waals surface area contributed by atoms with Crippen molar-refractivity contribution in [3.8, 4) is 0 Å². The summed E-state index contributed by atoms with van der Waals surface area (Å²) in [6.07, 6.45) is -0.673. The minimum absolute atomic E-state index is 0.267. The van der Waals surface area contributed by atoms with Crippen LogP contribution >= 0.6 is 15.9 Å². The fraction of sp³-hybridized carbons (Fsp3) is 0.250. The normalized spacial score (nSPS) is 11.7. The second-order valence-electron chi connectivity index (χ2n) is 3.98. The monoisotopic (exact) mass is 329 g/mol. The second kappa shape index (κ2) is 6.33. The maximum Gasteiger partial charge on any atom is 0.326 e. The summed E-state index contributed by atoms with van der Waals surface area (Å²) in [7, 11) is 0. The molecule has 7 heteroatoms. The molecular formula is C12H12BrNO5. The number of benzene rings is 1. The standard InChI is InChI=1S/C12H12BrNO5/c1-6-2-7(4-8(13)3-6)11(17)14-9(12(18)19)5-10(15)16/h2-4,9H,5H2,1H3,(H,14,17)(H,15,16)(H,18,19)/t9-/m0/s1. The van der Waals surface area contributed by atoms with Crippen molar-refractivity contribution in [2.45, 2.75) is 19.4 Å². The van der Waals surface area contributed by atoms with Crippen LogP contribution in [-0.2, 0) is 9.59 Å². The van der Waals surface area contributed by atoms with Gasteiger partial charge in [-0.3, -0.25) is 9.59 Å². The summed E-state index contributed by atoms with van der Waals surface area (Å²) >= 11 is 3.23. The van der Waals surface area contributed by atoms with E-state index in [1.165, 1.54) is 6.07 Å². The highest BCUT2D eigenvalue weighted by Crippen LogP contribution is 2.15. The molecule has 1 aromatic carbocycles. The Bertz CT molecular complexity index is 509. The zero-order valence-electron chi connectivity index (χ0n) is 10.0. The highest BCUT2D eigenvalue weighted by molar-refractivity contribution is 9.10. The zero-order chi connectivity index (χ0) is 14.6. The van der Waals surface area contributed by atoms with Crippen LogP contribution in [-0.4, -0.2) is 34.1 Å². The Morgan fingerprint density at radius 3 is 2.37 bits per heavy atom. The predicted molar refractivity (Wildman–Crippen MR) is 70.0 cm³/mol. The Kier molecular flexibility index (Phi) is 5.05. The third-order valence-electron chi connectivity index (χ3n) is 2.29. The number of hydrogen-bond acceptors (Lipinski definition) is 3. The summed E-state index contributed by atoms with van der Waals surface area (Å²) in [4.78, 5) is 33.2. The predicted octanol–water partition coefficient (Wildman–Crippen LogP) is 1.42. The van der Waals surface area contributed by atoms with Gasteiger partial charge in [-0.2, -0.15) is 0 Å². The lowest BCUT2D eigenvalue weighted by Gasteiger charge is -2.12. The number of aryl methyl sites for hydroxylation is 1. The van der Waals surface area contributed by atoms with Crippen molar-refractivity contribution in [2.24, 2.45) is 0 Å². The van der Waals surface area contributed by atoms with Crippen LogP contribution in [0.2, 0.25) is 0 Å². The van der Waals surface area contributed by atoms with Crippen molar-refractivity contribution >= 4 is 33.8 Å². The van der Waals surface area contributed by atoms with Crippen LogP contribution in [0.3, 0.4) is 0 Å². The molecule has 1 rings (SSSR count). The number of nitrogens with one attached hydrogen (secondary N) is 1. The summed E-state index contributed by atoms with van der Waals surface area (Å²) < 4.78 is 0.683. The maximum atomic E-state index is 11.9. The average molecular weight is 330 g/mol. The Labute approximate surface area is 117 Å². The van der Waals surface area contributed by atoms with Gasteiger partial charge in [0.05, 0.1) is 6.42 Å². The summed E-state index contributed by atoms with van der Waals surface area (Å²) in [5.41, 5.74) is 1.09. The van der Waals surface area contributed by atoms with E-state index in [9.17, 15) is 14.4 Å². The van der Waals surface area contributed by atoms with Gasteiger partial charge in [-0.05, 0) is 30.7 Å². The van der Waals surface area contributed by atoms with Crippen LogP contribution in [0, 0.1) is 6.92 Å². The number of hydrogen-bond donors (Lipinski definition) is 3. The van der Waals surface area contributed by atoms with Gasteiger partial charge in [0.1, 0.15) is 6.04 Å². The fourth-order valence-corrected chi connectivity index (χ4v) is 2.09. The molecule has 0 saturated carbocycles. The van der Waals surface area contributed by atoms with Gasteiger partial charge >= 0.3 is 11.9 Å². The molecule has 0 aliphatic carbocycles. The highest BCUT2D eigenvalue weighted by atomic mass is 79.9. The lowest BCUT2D eigenvalue weighted by molar-refractivity contribution is -0.145. The third-order valence-corrected chi connectivity index (χ3v) is 2.74. The van der Waals surface area contributed by atoms with Crippen LogP contribution in [0.1, 0.15) is 22.3 Å². The van der Waals surface area contributed by atoms with Gasteiger partial charge in [0.25, 0.3) is 5.91 Å². The molecule has 1 amide bonds. The molecule has 3 N–H and O–H groups in total. The first kappa shape index (κ1) is 15.2. The minimum Gasteiger partial charge on any atom is -0.481 e. The van der Waals surface area contributed by atoms with Crippen molar-refractivity contribution in [1.29, 1.82) is 0 Å². The van der Waals surface area contributed by atoms with Gasteiger partial charge in [0.2, 0.25) is 0 Å². The first-order chi connectivity index (χ1) is 8.79. The molecule has 19 heavy (non-hydrogen) atoms. The Hall–Kier alpha value is -1.89. The van der Waals surface area contributed by atoms with Gasteiger partial charge in [-0.15, -0.1) is 0 Å². The topological polar surface area (TPSA) is 104 Å². The first-order valence-electron chi connectivity index (χ1n) is 5.32. The highest BCUT2D eigenvalue weighted by Gasteiger charge is 2.23. The quantitative estimate of drug-likeness (QED) is 0.757. The van der Waals surface area contributed by atoms with E-state index in [0.717, 1.165) is 5.56 Å². The van der Waals surface area contributed by atoms with E-state index in [-0.39, 0.29) is 5.56 Å². The molecule has 6 nitrogen and oxygen atoms in total. The SMILES string of the molecule is Cc1cc(Br)cc(C(=O)N[C@@H](CC(=O)O)C(=O)O)c1. The molecule has 1 aromatic rings. The molecular weight excluding hydrogens is 318 g/mol. The molecule has 102 valence electrons. The molecule has 1 atom stereocenters. The summed E-state index contributed by atoms with van der Waals surface area (Å²) in [5.74, 6) is -3.31. The van der Waals surface area contributed by atoms with Gasteiger partial charge in [0.15, 0.2) is 0 Å². The molecule has 0 bridgehead atoms. The van der Waals surface area contributed by atoms with Crippen molar-refractivity contribution in [3.63, 3.8) is 0 Å².